The molecule has 4 aliphatic rings. The zero-order valence-electron chi connectivity index (χ0n) is 23.7. The van der Waals surface area contributed by atoms with Crippen LogP contribution in [-0.2, 0) is 22.7 Å². The standard InChI is InChI=1S/C30H32FN7O5/c1-42-28(41)30-7-4-29(5-8-30,6-9-30)17-35-27(40)21-13-20(36-25(37-21)19(31)14-32)26(39)34-15-18-2-3-23-22(12-18)38-11-10-33-24(38)16-43-23/h2-3,10-14H,4-9,15-17,32H2,1H3,(H,34,39)(H,35,40)/b19-14+. The molecule has 0 atom stereocenters. The molecular formula is C30H32FN7O5. The molecule has 4 N–H and O–H groups in total. The van der Waals surface area contributed by atoms with E-state index in [9.17, 15) is 18.8 Å². The van der Waals surface area contributed by atoms with Gasteiger partial charge in [0.15, 0.2) is 17.5 Å². The van der Waals surface area contributed by atoms with Gasteiger partial charge in [-0.3, -0.25) is 19.0 Å². The van der Waals surface area contributed by atoms with Gasteiger partial charge in [-0.25, -0.2) is 19.3 Å². The second kappa shape index (κ2) is 11.1. The largest absolute Gasteiger partial charge is 0.483 e. The Morgan fingerprint density at radius 2 is 1.77 bits per heavy atom. The number of imidazole rings is 1. The van der Waals surface area contributed by atoms with Crippen molar-refractivity contribution in [2.75, 3.05) is 13.7 Å². The SMILES string of the molecule is COC(=O)C12CCC(CNC(=O)c3cc(C(=O)NCc4ccc5c(c4)-n4ccnc4CO5)nc(/C(F)=C\N)n3)(CC1)CC2. The van der Waals surface area contributed by atoms with Crippen LogP contribution in [0.25, 0.3) is 11.5 Å². The zero-order chi connectivity index (χ0) is 30.2. The topological polar surface area (TPSA) is 163 Å². The van der Waals surface area contributed by atoms with Crippen LogP contribution in [0.4, 0.5) is 4.39 Å². The van der Waals surface area contributed by atoms with Gasteiger partial charge in [-0.1, -0.05) is 6.07 Å². The summed E-state index contributed by atoms with van der Waals surface area (Å²) in [5, 5.41) is 5.69. The summed E-state index contributed by atoms with van der Waals surface area (Å²) in [7, 11) is 1.42. The number of methoxy groups -OCH3 is 1. The minimum absolute atomic E-state index is 0.138. The second-order valence-electron chi connectivity index (χ2n) is 11.4. The molecule has 1 aromatic carbocycles. The van der Waals surface area contributed by atoms with Crippen LogP contribution >= 0.6 is 0 Å². The number of aromatic nitrogens is 4. The van der Waals surface area contributed by atoms with Crippen LogP contribution in [0, 0.1) is 10.8 Å². The monoisotopic (exact) mass is 589 g/mol. The fourth-order valence-corrected chi connectivity index (χ4v) is 6.33. The molecular weight excluding hydrogens is 557 g/mol. The summed E-state index contributed by atoms with van der Waals surface area (Å²) >= 11 is 0. The number of hydrogen-bond donors (Lipinski definition) is 3. The molecule has 0 radical (unpaired) electrons. The third-order valence-corrected chi connectivity index (χ3v) is 9.01. The highest BCUT2D eigenvalue weighted by molar-refractivity contribution is 5.97. The van der Waals surface area contributed by atoms with Crippen molar-refractivity contribution in [2.45, 2.75) is 51.7 Å². The molecule has 3 saturated carbocycles. The smallest absolute Gasteiger partial charge is 0.311 e. The molecule has 0 unspecified atom stereocenters. The molecule has 224 valence electrons. The Morgan fingerprint density at radius 3 is 2.44 bits per heavy atom. The molecule has 43 heavy (non-hydrogen) atoms. The van der Waals surface area contributed by atoms with E-state index in [1.165, 1.54) is 13.2 Å². The lowest BCUT2D eigenvalue weighted by Gasteiger charge is -2.51. The highest BCUT2D eigenvalue weighted by Crippen LogP contribution is 2.57. The van der Waals surface area contributed by atoms with Gasteiger partial charge in [-0.05, 0) is 61.6 Å². The fraction of sp³-hybridized carbons (Fsp3) is 0.400. The lowest BCUT2D eigenvalue weighted by molar-refractivity contribution is -0.162. The average Bonchev–Trinajstić information content (AvgIpc) is 3.55. The Balaban J connectivity index is 1.14. The number of carbonyl (C=O) groups is 3. The molecule has 3 aliphatic carbocycles. The maximum atomic E-state index is 14.5. The van der Waals surface area contributed by atoms with E-state index >= 15 is 0 Å². The fourth-order valence-electron chi connectivity index (χ4n) is 6.33. The molecule has 12 nitrogen and oxygen atoms in total. The van der Waals surface area contributed by atoms with Crippen molar-refractivity contribution in [1.29, 1.82) is 0 Å². The number of nitrogens with zero attached hydrogens (tertiary/aromatic N) is 4. The van der Waals surface area contributed by atoms with Gasteiger partial charge >= 0.3 is 5.97 Å². The minimum Gasteiger partial charge on any atom is -0.483 e. The molecule has 3 heterocycles. The van der Waals surface area contributed by atoms with Crippen LogP contribution in [0.15, 0.2) is 42.9 Å². The van der Waals surface area contributed by atoms with Crippen molar-refractivity contribution in [3.8, 4) is 11.4 Å². The number of halogens is 1. The van der Waals surface area contributed by atoms with Crippen molar-refractivity contribution in [2.24, 2.45) is 16.6 Å². The quantitative estimate of drug-likeness (QED) is 0.335. The first-order valence-electron chi connectivity index (χ1n) is 14.1. The van der Waals surface area contributed by atoms with Crippen LogP contribution in [-0.4, -0.2) is 51.0 Å². The molecule has 2 bridgehead atoms. The molecule has 2 amide bonds. The van der Waals surface area contributed by atoms with E-state index in [1.54, 1.807) is 6.20 Å². The van der Waals surface area contributed by atoms with Gasteiger partial charge in [0.1, 0.15) is 23.7 Å². The third kappa shape index (κ3) is 5.30. The molecule has 2 aromatic heterocycles. The predicted octanol–water partition coefficient (Wildman–Crippen LogP) is 2.95. The van der Waals surface area contributed by atoms with E-state index in [0.29, 0.717) is 44.4 Å². The maximum Gasteiger partial charge on any atom is 0.311 e. The van der Waals surface area contributed by atoms with Gasteiger partial charge in [0.2, 0.25) is 0 Å². The maximum absolute atomic E-state index is 14.5. The predicted molar refractivity (Wildman–Crippen MR) is 151 cm³/mol. The van der Waals surface area contributed by atoms with E-state index in [-0.39, 0.29) is 29.3 Å². The highest BCUT2D eigenvalue weighted by Gasteiger charge is 2.53. The summed E-state index contributed by atoms with van der Waals surface area (Å²) in [5.74, 6) is -1.29. The highest BCUT2D eigenvalue weighted by atomic mass is 19.1. The number of amides is 2. The zero-order valence-corrected chi connectivity index (χ0v) is 23.7. The van der Waals surface area contributed by atoms with Crippen LogP contribution in [0.2, 0.25) is 0 Å². The molecule has 3 fully saturated rings. The number of hydrogen-bond acceptors (Lipinski definition) is 9. The summed E-state index contributed by atoms with van der Waals surface area (Å²) in [4.78, 5) is 51.0. The molecule has 3 aromatic rings. The van der Waals surface area contributed by atoms with Gasteiger partial charge in [-0.15, -0.1) is 0 Å². The normalized spacial score (nSPS) is 22.1. The Kier molecular flexibility index (Phi) is 7.32. The Morgan fingerprint density at radius 1 is 1.07 bits per heavy atom. The molecule has 13 heteroatoms. The Hall–Kier alpha value is -4.81. The number of carbonyl (C=O) groups excluding carboxylic acids is 3. The summed E-state index contributed by atoms with van der Waals surface area (Å²) in [5.41, 5.74) is 6.03. The summed E-state index contributed by atoms with van der Waals surface area (Å²) in [6.07, 6.45) is 8.70. The van der Waals surface area contributed by atoms with Gasteiger partial charge in [0.25, 0.3) is 11.8 Å². The van der Waals surface area contributed by atoms with Crippen LogP contribution < -0.4 is 21.1 Å². The van der Waals surface area contributed by atoms with E-state index in [2.05, 4.69) is 25.6 Å². The van der Waals surface area contributed by atoms with Crippen molar-refractivity contribution in [1.82, 2.24) is 30.2 Å². The van der Waals surface area contributed by atoms with E-state index in [4.69, 9.17) is 15.2 Å². The molecule has 1 aliphatic heterocycles. The third-order valence-electron chi connectivity index (χ3n) is 9.01. The lowest BCUT2D eigenvalue weighted by Crippen LogP contribution is -2.50. The number of nitrogens with two attached hydrogens (primary N) is 1. The summed E-state index contributed by atoms with van der Waals surface area (Å²) in [6.45, 7) is 0.883. The number of nitrogens with one attached hydrogen (secondary N) is 2. The van der Waals surface area contributed by atoms with Gasteiger partial charge in [-0.2, -0.15) is 0 Å². The second-order valence-corrected chi connectivity index (χ2v) is 11.4. The van der Waals surface area contributed by atoms with Crippen molar-refractivity contribution in [3.63, 3.8) is 0 Å². The average molecular weight is 590 g/mol. The van der Waals surface area contributed by atoms with Crippen molar-refractivity contribution in [3.05, 3.63) is 71.5 Å². The number of ether oxygens (including phenoxy) is 2. The minimum atomic E-state index is -0.966. The van der Waals surface area contributed by atoms with Crippen LogP contribution in [0.5, 0.6) is 5.75 Å². The van der Waals surface area contributed by atoms with E-state index in [1.807, 2.05) is 29.0 Å². The molecule has 7 rings (SSSR count). The Bertz CT molecular complexity index is 1610. The summed E-state index contributed by atoms with van der Waals surface area (Å²) in [6, 6.07) is 6.76. The lowest BCUT2D eigenvalue weighted by atomic mass is 9.53. The first-order chi connectivity index (χ1) is 20.7. The Labute approximate surface area is 246 Å². The number of esters is 1. The van der Waals surface area contributed by atoms with E-state index < -0.39 is 28.9 Å². The van der Waals surface area contributed by atoms with Crippen molar-refractivity contribution < 1.29 is 28.2 Å². The van der Waals surface area contributed by atoms with Crippen LogP contribution in [0.3, 0.4) is 0 Å². The van der Waals surface area contributed by atoms with Crippen molar-refractivity contribution >= 4 is 23.6 Å². The number of fused-ring (bicyclic) bond motifs is 6. The van der Waals surface area contributed by atoms with Gasteiger partial charge in [0.05, 0.1) is 18.2 Å². The van der Waals surface area contributed by atoms with Gasteiger partial charge in [0, 0.05) is 37.7 Å². The van der Waals surface area contributed by atoms with E-state index in [0.717, 1.165) is 36.3 Å². The first-order valence-corrected chi connectivity index (χ1v) is 14.1. The van der Waals surface area contributed by atoms with Crippen LogP contribution in [0.1, 0.15) is 76.7 Å². The molecule has 0 saturated heterocycles. The summed E-state index contributed by atoms with van der Waals surface area (Å²) < 4.78 is 27.2. The van der Waals surface area contributed by atoms with Gasteiger partial charge < -0.3 is 25.8 Å². The number of rotatable bonds is 8. The first kappa shape index (κ1) is 28.3. The number of benzene rings is 1. The molecule has 0 spiro atoms.